The highest BCUT2D eigenvalue weighted by atomic mass is 15.2. The molecule has 2 aromatic rings. The van der Waals surface area contributed by atoms with Crippen LogP contribution in [-0.2, 0) is 6.54 Å². The van der Waals surface area contributed by atoms with Gasteiger partial charge in [0.25, 0.3) is 0 Å². The van der Waals surface area contributed by atoms with Crippen LogP contribution < -0.4 is 5.73 Å². The molecule has 0 fully saturated rings. The summed E-state index contributed by atoms with van der Waals surface area (Å²) in [6.45, 7) is 6.37. The summed E-state index contributed by atoms with van der Waals surface area (Å²) in [6.07, 6.45) is 3.51. The number of rotatable bonds is 2. The minimum atomic E-state index is 0.466. The standard InChI is InChI=1S/C11H15N5/c1-7-9(3)16(6-14-7)11-13-5-10(4-12)8(2)15-11/h5-6H,4,12H2,1-3H3. The summed E-state index contributed by atoms with van der Waals surface area (Å²) in [5.74, 6) is 0.646. The number of hydrogen-bond donors (Lipinski definition) is 1. The molecule has 5 nitrogen and oxygen atoms in total. The van der Waals surface area contributed by atoms with E-state index in [1.54, 1.807) is 12.5 Å². The number of aryl methyl sites for hydroxylation is 2. The van der Waals surface area contributed by atoms with E-state index in [0.29, 0.717) is 12.5 Å². The Balaban J connectivity index is 2.49. The van der Waals surface area contributed by atoms with Gasteiger partial charge < -0.3 is 5.73 Å². The van der Waals surface area contributed by atoms with Gasteiger partial charge in [-0.25, -0.2) is 15.0 Å². The van der Waals surface area contributed by atoms with E-state index < -0.39 is 0 Å². The van der Waals surface area contributed by atoms with Crippen molar-refractivity contribution in [2.24, 2.45) is 5.73 Å². The summed E-state index contributed by atoms with van der Waals surface area (Å²) in [4.78, 5) is 12.9. The highest BCUT2D eigenvalue weighted by molar-refractivity contribution is 5.25. The normalized spacial score (nSPS) is 10.8. The van der Waals surface area contributed by atoms with Crippen LogP contribution in [0.2, 0.25) is 0 Å². The quantitative estimate of drug-likeness (QED) is 0.816. The molecule has 5 heteroatoms. The summed E-state index contributed by atoms with van der Waals surface area (Å²) < 4.78 is 1.88. The second-order valence-corrected chi connectivity index (χ2v) is 3.77. The zero-order chi connectivity index (χ0) is 11.7. The molecule has 0 aromatic carbocycles. The SMILES string of the molecule is Cc1nc(-n2cnc(C)c2C)ncc1CN. The first kappa shape index (κ1) is 10.8. The molecular weight excluding hydrogens is 202 g/mol. The van der Waals surface area contributed by atoms with Crippen LogP contribution in [-0.4, -0.2) is 19.5 Å². The van der Waals surface area contributed by atoms with E-state index >= 15 is 0 Å². The summed E-state index contributed by atoms with van der Waals surface area (Å²) in [7, 11) is 0. The number of aromatic nitrogens is 4. The van der Waals surface area contributed by atoms with Crippen LogP contribution in [0, 0.1) is 20.8 Å². The minimum absolute atomic E-state index is 0.466. The minimum Gasteiger partial charge on any atom is -0.326 e. The molecule has 0 aliphatic carbocycles. The fourth-order valence-corrected chi connectivity index (χ4v) is 1.50. The van der Waals surface area contributed by atoms with Crippen molar-refractivity contribution in [1.82, 2.24) is 19.5 Å². The van der Waals surface area contributed by atoms with Crippen LogP contribution in [0.3, 0.4) is 0 Å². The van der Waals surface area contributed by atoms with Crippen LogP contribution in [0.1, 0.15) is 22.6 Å². The second kappa shape index (κ2) is 4.02. The molecule has 2 heterocycles. The third-order valence-corrected chi connectivity index (χ3v) is 2.76. The van der Waals surface area contributed by atoms with Crippen molar-refractivity contribution in [2.75, 3.05) is 0 Å². The zero-order valence-corrected chi connectivity index (χ0v) is 9.73. The van der Waals surface area contributed by atoms with Gasteiger partial charge in [-0.15, -0.1) is 0 Å². The van der Waals surface area contributed by atoms with Gasteiger partial charge in [0.05, 0.1) is 5.69 Å². The van der Waals surface area contributed by atoms with Crippen LogP contribution in [0.4, 0.5) is 0 Å². The molecule has 2 N–H and O–H groups in total. The molecule has 0 bridgehead atoms. The summed E-state index contributed by atoms with van der Waals surface area (Å²) in [5, 5.41) is 0. The van der Waals surface area contributed by atoms with Crippen LogP contribution in [0.5, 0.6) is 0 Å². The van der Waals surface area contributed by atoms with E-state index in [1.807, 2.05) is 25.3 Å². The number of nitrogens with two attached hydrogens (primary N) is 1. The van der Waals surface area contributed by atoms with Gasteiger partial charge in [0.1, 0.15) is 6.33 Å². The molecule has 0 atom stereocenters. The Bertz CT molecular complexity index is 515. The Morgan fingerprint density at radius 1 is 1.19 bits per heavy atom. The molecule has 0 aliphatic rings. The fourth-order valence-electron chi connectivity index (χ4n) is 1.50. The molecule has 0 radical (unpaired) electrons. The molecule has 0 unspecified atom stereocenters. The van der Waals surface area contributed by atoms with Gasteiger partial charge in [0.2, 0.25) is 5.95 Å². The van der Waals surface area contributed by atoms with Crippen molar-refractivity contribution in [2.45, 2.75) is 27.3 Å². The Morgan fingerprint density at radius 3 is 2.44 bits per heavy atom. The molecule has 0 saturated carbocycles. The van der Waals surface area contributed by atoms with E-state index in [1.165, 1.54) is 0 Å². The number of hydrogen-bond acceptors (Lipinski definition) is 4. The molecule has 0 aliphatic heterocycles. The maximum atomic E-state index is 5.57. The van der Waals surface area contributed by atoms with Gasteiger partial charge in [-0.3, -0.25) is 4.57 Å². The molecule has 0 saturated heterocycles. The smallest absolute Gasteiger partial charge is 0.235 e. The second-order valence-electron chi connectivity index (χ2n) is 3.77. The Kier molecular flexibility index (Phi) is 2.70. The third kappa shape index (κ3) is 1.69. The average molecular weight is 217 g/mol. The lowest BCUT2D eigenvalue weighted by atomic mass is 10.2. The van der Waals surface area contributed by atoms with Crippen molar-refractivity contribution >= 4 is 0 Å². The highest BCUT2D eigenvalue weighted by Crippen LogP contribution is 2.11. The van der Waals surface area contributed by atoms with Crippen molar-refractivity contribution in [1.29, 1.82) is 0 Å². The molecule has 2 rings (SSSR count). The first-order chi connectivity index (χ1) is 7.63. The third-order valence-electron chi connectivity index (χ3n) is 2.76. The van der Waals surface area contributed by atoms with Gasteiger partial charge in [-0.1, -0.05) is 0 Å². The van der Waals surface area contributed by atoms with Gasteiger partial charge in [-0.05, 0) is 20.8 Å². The van der Waals surface area contributed by atoms with E-state index in [-0.39, 0.29) is 0 Å². The summed E-state index contributed by atoms with van der Waals surface area (Å²) in [5.41, 5.74) is 9.51. The zero-order valence-electron chi connectivity index (χ0n) is 9.73. The van der Waals surface area contributed by atoms with Gasteiger partial charge >= 0.3 is 0 Å². The van der Waals surface area contributed by atoms with Crippen molar-refractivity contribution in [3.8, 4) is 5.95 Å². The average Bonchev–Trinajstić information content (AvgIpc) is 2.60. The lowest BCUT2D eigenvalue weighted by Crippen LogP contribution is -2.07. The van der Waals surface area contributed by atoms with Crippen LogP contribution >= 0.6 is 0 Å². The molecule has 0 spiro atoms. The predicted octanol–water partition coefficient (Wildman–Crippen LogP) is 1.05. The van der Waals surface area contributed by atoms with E-state index in [2.05, 4.69) is 15.0 Å². The number of imidazole rings is 1. The van der Waals surface area contributed by atoms with Gasteiger partial charge in [-0.2, -0.15) is 0 Å². The number of nitrogens with zero attached hydrogens (tertiary/aromatic N) is 4. The van der Waals surface area contributed by atoms with E-state index in [4.69, 9.17) is 5.73 Å². The Morgan fingerprint density at radius 2 is 1.94 bits per heavy atom. The molecule has 0 amide bonds. The molecule has 84 valence electrons. The predicted molar refractivity (Wildman–Crippen MR) is 61.3 cm³/mol. The van der Waals surface area contributed by atoms with Gasteiger partial charge in [0, 0.05) is 29.7 Å². The van der Waals surface area contributed by atoms with Crippen molar-refractivity contribution in [3.05, 3.63) is 35.2 Å². The van der Waals surface area contributed by atoms with Crippen LogP contribution in [0.25, 0.3) is 5.95 Å². The van der Waals surface area contributed by atoms with Gasteiger partial charge in [0.15, 0.2) is 0 Å². The van der Waals surface area contributed by atoms with Crippen molar-refractivity contribution < 1.29 is 0 Å². The molecule has 16 heavy (non-hydrogen) atoms. The fraction of sp³-hybridized carbons (Fsp3) is 0.364. The lowest BCUT2D eigenvalue weighted by molar-refractivity contribution is 0.859. The Labute approximate surface area is 94.4 Å². The van der Waals surface area contributed by atoms with Crippen molar-refractivity contribution in [3.63, 3.8) is 0 Å². The lowest BCUT2D eigenvalue weighted by Gasteiger charge is -2.06. The molecule has 2 aromatic heterocycles. The summed E-state index contributed by atoms with van der Waals surface area (Å²) >= 11 is 0. The maximum absolute atomic E-state index is 5.57. The summed E-state index contributed by atoms with van der Waals surface area (Å²) in [6, 6.07) is 0. The first-order valence-electron chi connectivity index (χ1n) is 5.17. The molecular formula is C11H15N5. The monoisotopic (exact) mass is 217 g/mol. The largest absolute Gasteiger partial charge is 0.326 e. The first-order valence-corrected chi connectivity index (χ1v) is 5.17. The Hall–Kier alpha value is -1.75. The maximum Gasteiger partial charge on any atom is 0.235 e. The van der Waals surface area contributed by atoms with Crippen LogP contribution in [0.15, 0.2) is 12.5 Å². The highest BCUT2D eigenvalue weighted by Gasteiger charge is 2.08. The van der Waals surface area contributed by atoms with E-state index in [9.17, 15) is 0 Å². The topological polar surface area (TPSA) is 69.6 Å². The van der Waals surface area contributed by atoms with E-state index in [0.717, 1.165) is 22.6 Å².